The Bertz CT molecular complexity index is 255. The summed E-state index contributed by atoms with van der Waals surface area (Å²) >= 11 is 8.50. The second-order valence-electron chi connectivity index (χ2n) is 3.26. The van der Waals surface area contributed by atoms with Gasteiger partial charge in [-0.1, -0.05) is 26.0 Å². The third-order valence-corrected chi connectivity index (χ3v) is 3.73. The van der Waals surface area contributed by atoms with Crippen LogP contribution in [0.4, 0.5) is 0 Å². The van der Waals surface area contributed by atoms with Crippen molar-refractivity contribution in [2.24, 2.45) is 0 Å². The minimum absolute atomic E-state index is 0.250. The lowest BCUT2D eigenvalue weighted by Crippen LogP contribution is -2.07. The number of benzene rings is 1. The molecule has 0 aliphatic heterocycles. The van der Waals surface area contributed by atoms with Crippen LogP contribution in [-0.2, 0) is 0 Å². The molecule has 0 amide bonds. The summed E-state index contributed by atoms with van der Waals surface area (Å²) in [5.41, 5.74) is 1.34. The van der Waals surface area contributed by atoms with Gasteiger partial charge in [0.2, 0.25) is 0 Å². The number of alkyl halides is 1. The van der Waals surface area contributed by atoms with E-state index in [0.717, 1.165) is 6.42 Å². The Balaban J connectivity index is 2.77. The molecule has 0 nitrogen and oxygen atoms in total. The first-order valence-corrected chi connectivity index (χ1v) is 6.06. The molecule has 1 aromatic rings. The molecule has 0 radical (unpaired) electrons. The van der Waals surface area contributed by atoms with Gasteiger partial charge in [-0.15, -0.1) is 11.6 Å². The van der Waals surface area contributed by atoms with Crippen molar-refractivity contribution >= 4 is 34.2 Å². The Morgan fingerprint density at radius 3 is 2.31 bits per heavy atom. The summed E-state index contributed by atoms with van der Waals surface area (Å²) in [6.07, 6.45) is 1.02. The quantitative estimate of drug-likeness (QED) is 0.573. The number of hydrogen-bond acceptors (Lipinski definition) is 0. The zero-order valence-corrected chi connectivity index (χ0v) is 10.8. The van der Waals surface area contributed by atoms with E-state index in [9.17, 15) is 0 Å². The predicted molar refractivity (Wildman–Crippen MR) is 67.5 cm³/mol. The fraction of sp³-hybridized carbons (Fsp3) is 0.455. The maximum absolute atomic E-state index is 6.19. The van der Waals surface area contributed by atoms with Gasteiger partial charge < -0.3 is 0 Å². The highest BCUT2D eigenvalue weighted by atomic mass is 127. The Kier molecular flexibility index (Phi) is 4.53. The first-order valence-electron chi connectivity index (χ1n) is 4.54. The van der Waals surface area contributed by atoms with Crippen LogP contribution in [0.15, 0.2) is 24.3 Å². The van der Waals surface area contributed by atoms with Crippen LogP contribution in [-0.4, -0.2) is 5.38 Å². The van der Waals surface area contributed by atoms with Gasteiger partial charge in [-0.2, -0.15) is 0 Å². The van der Waals surface area contributed by atoms with Crippen molar-refractivity contribution in [3.05, 3.63) is 33.4 Å². The average Bonchev–Trinajstić information content (AvgIpc) is 2.17. The molecule has 0 aromatic heterocycles. The van der Waals surface area contributed by atoms with E-state index in [-0.39, 0.29) is 5.38 Å². The highest BCUT2D eigenvalue weighted by molar-refractivity contribution is 14.1. The van der Waals surface area contributed by atoms with Gasteiger partial charge in [-0.05, 0) is 52.6 Å². The van der Waals surface area contributed by atoms with E-state index in [1.54, 1.807) is 0 Å². The SMILES string of the molecule is CCC(Cl)C(C)c1ccc(I)cc1. The van der Waals surface area contributed by atoms with Crippen LogP contribution in [0.5, 0.6) is 0 Å². The van der Waals surface area contributed by atoms with Crippen molar-refractivity contribution in [1.82, 2.24) is 0 Å². The number of rotatable bonds is 3. The second kappa shape index (κ2) is 5.20. The lowest BCUT2D eigenvalue weighted by Gasteiger charge is -2.16. The molecule has 2 atom stereocenters. The zero-order valence-electron chi connectivity index (χ0n) is 7.93. The topological polar surface area (TPSA) is 0 Å². The fourth-order valence-corrected chi connectivity index (χ4v) is 1.83. The molecule has 0 bridgehead atoms. The fourth-order valence-electron chi connectivity index (χ4n) is 1.33. The highest BCUT2D eigenvalue weighted by Gasteiger charge is 2.13. The summed E-state index contributed by atoms with van der Waals surface area (Å²) in [7, 11) is 0. The monoisotopic (exact) mass is 308 g/mol. The molecule has 2 heteroatoms. The van der Waals surface area contributed by atoms with Crippen molar-refractivity contribution in [2.75, 3.05) is 0 Å². The van der Waals surface area contributed by atoms with Crippen LogP contribution in [0.3, 0.4) is 0 Å². The molecule has 1 aromatic carbocycles. The number of hydrogen-bond donors (Lipinski definition) is 0. The predicted octanol–water partition coefficient (Wildman–Crippen LogP) is 4.41. The van der Waals surface area contributed by atoms with Gasteiger partial charge in [-0.3, -0.25) is 0 Å². The first kappa shape index (κ1) is 11.3. The molecular formula is C11H14ClI. The Morgan fingerprint density at radius 1 is 1.31 bits per heavy atom. The van der Waals surface area contributed by atoms with Crippen LogP contribution in [0, 0.1) is 3.57 Å². The molecule has 0 aliphatic carbocycles. The summed E-state index contributed by atoms with van der Waals surface area (Å²) < 4.78 is 1.27. The van der Waals surface area contributed by atoms with E-state index >= 15 is 0 Å². The molecule has 2 unspecified atom stereocenters. The van der Waals surface area contributed by atoms with E-state index < -0.39 is 0 Å². The Morgan fingerprint density at radius 2 is 1.85 bits per heavy atom. The normalized spacial score (nSPS) is 15.4. The zero-order chi connectivity index (χ0) is 9.84. The molecule has 72 valence electrons. The summed E-state index contributed by atoms with van der Waals surface area (Å²) in [5, 5.41) is 0.250. The Labute approximate surface area is 98.8 Å². The van der Waals surface area contributed by atoms with E-state index in [0.29, 0.717) is 5.92 Å². The van der Waals surface area contributed by atoms with Crippen LogP contribution in [0.25, 0.3) is 0 Å². The third-order valence-electron chi connectivity index (χ3n) is 2.33. The van der Waals surface area contributed by atoms with Crippen molar-refractivity contribution in [1.29, 1.82) is 0 Å². The lowest BCUT2D eigenvalue weighted by molar-refractivity contribution is 0.674. The molecule has 0 saturated carbocycles. The molecule has 13 heavy (non-hydrogen) atoms. The van der Waals surface area contributed by atoms with Crippen LogP contribution in [0.2, 0.25) is 0 Å². The highest BCUT2D eigenvalue weighted by Crippen LogP contribution is 2.25. The van der Waals surface area contributed by atoms with E-state index in [4.69, 9.17) is 11.6 Å². The van der Waals surface area contributed by atoms with Gasteiger partial charge in [0.05, 0.1) is 0 Å². The maximum Gasteiger partial charge on any atom is 0.0399 e. The minimum Gasteiger partial charge on any atom is -0.122 e. The van der Waals surface area contributed by atoms with Crippen LogP contribution < -0.4 is 0 Å². The molecule has 0 heterocycles. The molecular weight excluding hydrogens is 294 g/mol. The third kappa shape index (κ3) is 3.13. The average molecular weight is 309 g/mol. The van der Waals surface area contributed by atoms with Gasteiger partial charge in [0.15, 0.2) is 0 Å². The van der Waals surface area contributed by atoms with E-state index in [1.807, 2.05) is 0 Å². The van der Waals surface area contributed by atoms with Crippen molar-refractivity contribution in [3.63, 3.8) is 0 Å². The van der Waals surface area contributed by atoms with Crippen molar-refractivity contribution in [2.45, 2.75) is 31.6 Å². The molecule has 0 N–H and O–H groups in total. The summed E-state index contributed by atoms with van der Waals surface area (Å²) in [5.74, 6) is 0.448. The van der Waals surface area contributed by atoms with Gasteiger partial charge in [-0.25, -0.2) is 0 Å². The summed E-state index contributed by atoms with van der Waals surface area (Å²) in [6, 6.07) is 8.59. The summed E-state index contributed by atoms with van der Waals surface area (Å²) in [4.78, 5) is 0. The van der Waals surface area contributed by atoms with Gasteiger partial charge in [0.25, 0.3) is 0 Å². The maximum atomic E-state index is 6.19. The van der Waals surface area contributed by atoms with Gasteiger partial charge in [0, 0.05) is 8.95 Å². The molecule has 0 spiro atoms. The number of halogens is 2. The van der Waals surface area contributed by atoms with Gasteiger partial charge in [0.1, 0.15) is 0 Å². The van der Waals surface area contributed by atoms with E-state index in [2.05, 4.69) is 60.7 Å². The molecule has 0 saturated heterocycles. The van der Waals surface area contributed by atoms with Crippen LogP contribution in [0.1, 0.15) is 31.7 Å². The summed E-state index contributed by atoms with van der Waals surface area (Å²) in [6.45, 7) is 4.31. The van der Waals surface area contributed by atoms with Crippen molar-refractivity contribution < 1.29 is 0 Å². The second-order valence-corrected chi connectivity index (χ2v) is 5.07. The Hall–Kier alpha value is 0.240. The van der Waals surface area contributed by atoms with Crippen LogP contribution >= 0.6 is 34.2 Å². The smallest absolute Gasteiger partial charge is 0.0399 e. The first-order chi connectivity index (χ1) is 6.15. The molecule has 1 rings (SSSR count). The lowest BCUT2D eigenvalue weighted by atomic mass is 9.96. The minimum atomic E-state index is 0.250. The van der Waals surface area contributed by atoms with Crippen molar-refractivity contribution in [3.8, 4) is 0 Å². The standard InChI is InChI=1S/C11H14ClI/c1-3-11(12)8(2)9-4-6-10(13)7-5-9/h4-8,11H,3H2,1-2H3. The van der Waals surface area contributed by atoms with Gasteiger partial charge >= 0.3 is 0 Å². The van der Waals surface area contributed by atoms with E-state index in [1.165, 1.54) is 9.13 Å². The molecule has 0 aliphatic rings. The largest absolute Gasteiger partial charge is 0.122 e. The molecule has 0 fully saturated rings.